The SMILES string of the molecule is C=C[C@@H]1COCc2c1cccc2[N+](=O)[O-]. The van der Waals surface area contributed by atoms with Crippen LogP contribution in [0.3, 0.4) is 0 Å². The first-order chi connectivity index (χ1) is 7.24. The van der Waals surface area contributed by atoms with Gasteiger partial charge in [0.25, 0.3) is 5.69 Å². The summed E-state index contributed by atoms with van der Waals surface area (Å²) in [4.78, 5) is 10.4. The van der Waals surface area contributed by atoms with Gasteiger partial charge in [-0.3, -0.25) is 10.1 Å². The minimum Gasteiger partial charge on any atom is -0.376 e. The van der Waals surface area contributed by atoms with Gasteiger partial charge in [0.2, 0.25) is 0 Å². The number of benzene rings is 1. The summed E-state index contributed by atoms with van der Waals surface area (Å²) in [5.74, 6) is 0.0636. The third-order valence-corrected chi connectivity index (χ3v) is 2.61. The van der Waals surface area contributed by atoms with Crippen molar-refractivity contribution in [3.63, 3.8) is 0 Å². The van der Waals surface area contributed by atoms with Gasteiger partial charge in [-0.1, -0.05) is 18.2 Å². The van der Waals surface area contributed by atoms with Gasteiger partial charge in [-0.05, 0) is 5.56 Å². The Kier molecular flexibility index (Phi) is 2.51. The van der Waals surface area contributed by atoms with Crippen LogP contribution in [-0.2, 0) is 11.3 Å². The van der Waals surface area contributed by atoms with Gasteiger partial charge in [0.1, 0.15) is 0 Å². The second-order valence-electron chi connectivity index (χ2n) is 3.46. The molecule has 0 aliphatic carbocycles. The monoisotopic (exact) mass is 205 g/mol. The minimum atomic E-state index is -0.367. The molecule has 0 saturated carbocycles. The molecule has 0 spiro atoms. The maximum absolute atomic E-state index is 10.8. The Bertz CT molecular complexity index is 414. The Labute approximate surface area is 87.3 Å². The fourth-order valence-corrected chi connectivity index (χ4v) is 1.84. The van der Waals surface area contributed by atoms with Crippen molar-refractivity contribution >= 4 is 5.69 Å². The molecular formula is C11H11NO3. The summed E-state index contributed by atoms with van der Waals surface area (Å²) in [6.45, 7) is 4.58. The third kappa shape index (κ3) is 1.64. The largest absolute Gasteiger partial charge is 0.376 e. The van der Waals surface area contributed by atoms with Crippen molar-refractivity contribution < 1.29 is 9.66 Å². The molecule has 0 aromatic heterocycles. The van der Waals surface area contributed by atoms with Crippen molar-refractivity contribution in [2.75, 3.05) is 6.61 Å². The van der Waals surface area contributed by atoms with E-state index >= 15 is 0 Å². The first kappa shape index (κ1) is 9.86. The summed E-state index contributed by atoms with van der Waals surface area (Å²) in [7, 11) is 0. The number of ether oxygens (including phenoxy) is 1. The van der Waals surface area contributed by atoms with E-state index in [1.807, 2.05) is 6.07 Å². The normalized spacial score (nSPS) is 19.3. The molecule has 1 aromatic rings. The summed E-state index contributed by atoms with van der Waals surface area (Å²) in [5.41, 5.74) is 1.78. The van der Waals surface area contributed by atoms with E-state index in [-0.39, 0.29) is 16.5 Å². The Hall–Kier alpha value is -1.68. The van der Waals surface area contributed by atoms with Crippen LogP contribution in [0, 0.1) is 10.1 Å². The molecule has 0 unspecified atom stereocenters. The average molecular weight is 205 g/mol. The van der Waals surface area contributed by atoms with Crippen molar-refractivity contribution in [1.29, 1.82) is 0 Å². The highest BCUT2D eigenvalue weighted by Gasteiger charge is 2.25. The summed E-state index contributed by atoms with van der Waals surface area (Å²) in [6.07, 6.45) is 1.77. The molecule has 0 radical (unpaired) electrons. The van der Waals surface area contributed by atoms with Crippen LogP contribution >= 0.6 is 0 Å². The smallest absolute Gasteiger partial charge is 0.275 e. The highest BCUT2D eigenvalue weighted by atomic mass is 16.6. The molecule has 1 aromatic carbocycles. The van der Waals surface area contributed by atoms with E-state index in [2.05, 4.69) is 6.58 Å². The molecule has 4 heteroatoms. The van der Waals surface area contributed by atoms with Crippen LogP contribution in [0.2, 0.25) is 0 Å². The van der Waals surface area contributed by atoms with E-state index in [4.69, 9.17) is 4.74 Å². The van der Waals surface area contributed by atoms with Gasteiger partial charge in [0.05, 0.1) is 23.7 Å². The van der Waals surface area contributed by atoms with Crippen LogP contribution in [-0.4, -0.2) is 11.5 Å². The maximum atomic E-state index is 10.8. The molecular weight excluding hydrogens is 194 g/mol. The number of rotatable bonds is 2. The highest BCUT2D eigenvalue weighted by molar-refractivity contribution is 5.48. The van der Waals surface area contributed by atoms with E-state index in [0.717, 1.165) is 5.56 Å². The first-order valence-corrected chi connectivity index (χ1v) is 4.70. The molecule has 4 nitrogen and oxygen atoms in total. The quantitative estimate of drug-likeness (QED) is 0.423. The average Bonchev–Trinajstić information content (AvgIpc) is 2.27. The maximum Gasteiger partial charge on any atom is 0.275 e. The van der Waals surface area contributed by atoms with Gasteiger partial charge in [-0.15, -0.1) is 6.58 Å². The number of hydrogen-bond acceptors (Lipinski definition) is 3. The van der Waals surface area contributed by atoms with Gasteiger partial charge in [-0.2, -0.15) is 0 Å². The van der Waals surface area contributed by atoms with Crippen molar-refractivity contribution in [2.24, 2.45) is 0 Å². The molecule has 78 valence electrons. The van der Waals surface area contributed by atoms with Crippen molar-refractivity contribution in [3.05, 3.63) is 52.1 Å². The Morgan fingerprint density at radius 1 is 1.60 bits per heavy atom. The van der Waals surface area contributed by atoms with E-state index in [9.17, 15) is 10.1 Å². The Balaban J connectivity index is 2.55. The molecule has 2 rings (SSSR count). The van der Waals surface area contributed by atoms with Crippen molar-refractivity contribution in [2.45, 2.75) is 12.5 Å². The Morgan fingerprint density at radius 2 is 2.40 bits per heavy atom. The topological polar surface area (TPSA) is 52.4 Å². The second kappa shape index (κ2) is 3.82. The fourth-order valence-electron chi connectivity index (χ4n) is 1.84. The lowest BCUT2D eigenvalue weighted by molar-refractivity contribution is -0.386. The predicted octanol–water partition coefficient (Wildman–Crippen LogP) is 2.39. The molecule has 15 heavy (non-hydrogen) atoms. The van der Waals surface area contributed by atoms with Gasteiger partial charge in [-0.25, -0.2) is 0 Å². The zero-order valence-corrected chi connectivity index (χ0v) is 8.18. The van der Waals surface area contributed by atoms with Crippen LogP contribution in [0.4, 0.5) is 5.69 Å². The molecule has 1 aliphatic heterocycles. The molecule has 1 heterocycles. The van der Waals surface area contributed by atoms with Gasteiger partial charge in [0, 0.05) is 12.0 Å². The molecule has 0 N–H and O–H groups in total. The lowest BCUT2D eigenvalue weighted by Gasteiger charge is -2.22. The number of nitro benzene ring substituents is 1. The molecule has 0 bridgehead atoms. The van der Waals surface area contributed by atoms with Gasteiger partial charge >= 0.3 is 0 Å². The van der Waals surface area contributed by atoms with Crippen LogP contribution in [0.5, 0.6) is 0 Å². The minimum absolute atomic E-state index is 0.0636. The molecule has 0 saturated heterocycles. The second-order valence-corrected chi connectivity index (χ2v) is 3.46. The summed E-state index contributed by atoms with van der Waals surface area (Å²) < 4.78 is 5.31. The number of nitrogens with zero attached hydrogens (tertiary/aromatic N) is 1. The summed E-state index contributed by atoms with van der Waals surface area (Å²) in [6, 6.07) is 5.11. The zero-order valence-electron chi connectivity index (χ0n) is 8.18. The predicted molar refractivity (Wildman–Crippen MR) is 55.7 cm³/mol. The van der Waals surface area contributed by atoms with E-state index in [1.165, 1.54) is 6.07 Å². The van der Waals surface area contributed by atoms with E-state index in [0.29, 0.717) is 18.8 Å². The third-order valence-electron chi connectivity index (χ3n) is 2.61. The molecule has 1 atom stereocenters. The van der Waals surface area contributed by atoms with Gasteiger partial charge < -0.3 is 4.74 Å². The highest BCUT2D eigenvalue weighted by Crippen LogP contribution is 2.33. The first-order valence-electron chi connectivity index (χ1n) is 4.70. The van der Waals surface area contributed by atoms with Crippen LogP contribution in [0.15, 0.2) is 30.9 Å². The standard InChI is InChI=1S/C11H11NO3/c1-2-8-6-15-7-10-9(8)4-3-5-11(10)12(13)14/h2-5,8H,1,6-7H2/t8-/m1/s1. The number of nitro groups is 1. The summed E-state index contributed by atoms with van der Waals surface area (Å²) >= 11 is 0. The number of fused-ring (bicyclic) bond motifs is 1. The lowest BCUT2D eigenvalue weighted by atomic mass is 9.92. The van der Waals surface area contributed by atoms with Crippen molar-refractivity contribution in [1.82, 2.24) is 0 Å². The van der Waals surface area contributed by atoms with E-state index in [1.54, 1.807) is 12.1 Å². The van der Waals surface area contributed by atoms with Gasteiger partial charge in [0.15, 0.2) is 0 Å². The summed E-state index contributed by atoms with van der Waals surface area (Å²) in [5, 5.41) is 10.8. The van der Waals surface area contributed by atoms with Crippen LogP contribution < -0.4 is 0 Å². The fraction of sp³-hybridized carbons (Fsp3) is 0.273. The lowest BCUT2D eigenvalue weighted by Crippen LogP contribution is -2.16. The number of hydrogen-bond donors (Lipinski definition) is 0. The zero-order chi connectivity index (χ0) is 10.8. The van der Waals surface area contributed by atoms with Crippen LogP contribution in [0.25, 0.3) is 0 Å². The van der Waals surface area contributed by atoms with E-state index < -0.39 is 0 Å². The van der Waals surface area contributed by atoms with Crippen molar-refractivity contribution in [3.8, 4) is 0 Å². The van der Waals surface area contributed by atoms with Crippen LogP contribution in [0.1, 0.15) is 17.0 Å². The molecule has 0 amide bonds. The molecule has 0 fully saturated rings. The Morgan fingerprint density at radius 3 is 3.07 bits per heavy atom. The molecule has 1 aliphatic rings.